The summed E-state index contributed by atoms with van der Waals surface area (Å²) in [5.41, 5.74) is 3.64. The first-order chi connectivity index (χ1) is 11.6. The van der Waals surface area contributed by atoms with E-state index in [0.717, 1.165) is 17.9 Å². The lowest BCUT2D eigenvalue weighted by molar-refractivity contribution is 0.00578. The molecule has 1 saturated carbocycles. The predicted octanol–water partition coefficient (Wildman–Crippen LogP) is 3.88. The van der Waals surface area contributed by atoms with Crippen LogP contribution < -0.4 is 10.4 Å². The highest BCUT2D eigenvalue weighted by molar-refractivity contribution is 6.62. The highest BCUT2D eigenvalue weighted by Gasteiger charge is 2.52. The fourth-order valence-electron chi connectivity index (χ4n) is 4.31. The summed E-state index contributed by atoms with van der Waals surface area (Å²) in [6.45, 7) is 15.5. The van der Waals surface area contributed by atoms with Crippen molar-refractivity contribution >= 4 is 18.3 Å². The lowest BCUT2D eigenvalue weighted by Crippen LogP contribution is -2.41. The average molecular weight is 341 g/mol. The molecule has 136 valence electrons. The average Bonchev–Trinajstić information content (AvgIpc) is 2.84. The van der Waals surface area contributed by atoms with Crippen LogP contribution in [0.1, 0.15) is 66.4 Å². The molecular formula is C21H32BNO2. The Bertz CT molecular complexity index is 662. The van der Waals surface area contributed by atoms with Crippen molar-refractivity contribution < 1.29 is 9.31 Å². The van der Waals surface area contributed by atoms with Crippen LogP contribution in [0, 0.1) is 5.92 Å². The highest BCUT2D eigenvalue weighted by Crippen LogP contribution is 2.42. The van der Waals surface area contributed by atoms with E-state index in [1.807, 2.05) is 0 Å². The van der Waals surface area contributed by atoms with Crippen LogP contribution in [0.15, 0.2) is 18.2 Å². The van der Waals surface area contributed by atoms with E-state index < -0.39 is 0 Å². The van der Waals surface area contributed by atoms with E-state index in [9.17, 15) is 0 Å². The fourth-order valence-corrected chi connectivity index (χ4v) is 4.31. The zero-order valence-corrected chi connectivity index (χ0v) is 16.7. The van der Waals surface area contributed by atoms with Crippen LogP contribution in [0.4, 0.5) is 5.69 Å². The second-order valence-electron chi connectivity index (χ2n) is 9.93. The SMILES string of the molecule is CC1(C)CN(CC2CCC2)c2cc(B3OC(C)(C)C(C)(C)O3)ccc21. The molecule has 0 unspecified atom stereocenters. The van der Waals surface area contributed by atoms with Crippen LogP contribution in [0.2, 0.25) is 0 Å². The van der Waals surface area contributed by atoms with Gasteiger partial charge < -0.3 is 14.2 Å². The second kappa shape index (κ2) is 5.50. The molecule has 0 atom stereocenters. The molecule has 1 aromatic rings. The van der Waals surface area contributed by atoms with Gasteiger partial charge in [-0.05, 0) is 63.5 Å². The summed E-state index contributed by atoms with van der Waals surface area (Å²) in [5, 5.41) is 0. The van der Waals surface area contributed by atoms with Crippen molar-refractivity contribution in [3.63, 3.8) is 0 Å². The normalized spacial score (nSPS) is 26.6. The van der Waals surface area contributed by atoms with Gasteiger partial charge in [-0.3, -0.25) is 0 Å². The molecule has 0 aromatic heterocycles. The Hall–Kier alpha value is -0.995. The Morgan fingerprint density at radius 2 is 1.68 bits per heavy atom. The molecule has 2 aliphatic heterocycles. The molecular weight excluding hydrogens is 309 g/mol. The standard InChI is InChI=1S/C21H32BNO2/c1-19(2)14-23(13-15-8-7-9-15)18-12-16(10-11-17(18)19)22-24-20(3,4)21(5,6)25-22/h10-12,15H,7-9,13-14H2,1-6H3. The van der Waals surface area contributed by atoms with Gasteiger partial charge in [-0.1, -0.05) is 32.4 Å². The van der Waals surface area contributed by atoms with Gasteiger partial charge in [-0.2, -0.15) is 0 Å². The molecule has 0 radical (unpaired) electrons. The van der Waals surface area contributed by atoms with E-state index in [1.165, 1.54) is 37.1 Å². The number of anilines is 1. The van der Waals surface area contributed by atoms with Crippen LogP contribution in [0.3, 0.4) is 0 Å². The third kappa shape index (κ3) is 2.82. The van der Waals surface area contributed by atoms with Crippen molar-refractivity contribution in [3.8, 4) is 0 Å². The molecule has 2 heterocycles. The fraction of sp³-hybridized carbons (Fsp3) is 0.714. The molecule has 3 nitrogen and oxygen atoms in total. The van der Waals surface area contributed by atoms with Gasteiger partial charge >= 0.3 is 7.12 Å². The van der Waals surface area contributed by atoms with Crippen LogP contribution in [0.25, 0.3) is 0 Å². The molecule has 25 heavy (non-hydrogen) atoms. The molecule has 0 amide bonds. The molecule has 4 rings (SSSR count). The molecule has 1 aliphatic carbocycles. The lowest BCUT2D eigenvalue weighted by Gasteiger charge is -2.32. The summed E-state index contributed by atoms with van der Waals surface area (Å²) in [6, 6.07) is 6.83. The predicted molar refractivity (Wildman–Crippen MR) is 105 cm³/mol. The summed E-state index contributed by atoms with van der Waals surface area (Å²) in [6.07, 6.45) is 4.19. The van der Waals surface area contributed by atoms with Gasteiger partial charge in [0, 0.05) is 24.2 Å². The Kier molecular flexibility index (Phi) is 3.83. The minimum Gasteiger partial charge on any atom is -0.399 e. The first-order valence-corrected chi connectivity index (χ1v) is 9.84. The first kappa shape index (κ1) is 17.4. The first-order valence-electron chi connectivity index (χ1n) is 9.84. The van der Waals surface area contributed by atoms with Gasteiger partial charge in [-0.15, -0.1) is 0 Å². The largest absolute Gasteiger partial charge is 0.494 e. The summed E-state index contributed by atoms with van der Waals surface area (Å²) in [5.74, 6) is 0.877. The maximum absolute atomic E-state index is 6.27. The Morgan fingerprint density at radius 3 is 2.24 bits per heavy atom. The van der Waals surface area contributed by atoms with Gasteiger partial charge in [-0.25, -0.2) is 0 Å². The van der Waals surface area contributed by atoms with Crippen molar-refractivity contribution in [1.82, 2.24) is 0 Å². The zero-order chi connectivity index (χ0) is 18.0. The van der Waals surface area contributed by atoms with E-state index >= 15 is 0 Å². The molecule has 1 saturated heterocycles. The third-order valence-corrected chi connectivity index (χ3v) is 6.91. The summed E-state index contributed by atoms with van der Waals surface area (Å²) in [4.78, 5) is 2.61. The van der Waals surface area contributed by atoms with Crippen molar-refractivity contribution in [2.45, 2.75) is 77.4 Å². The summed E-state index contributed by atoms with van der Waals surface area (Å²) >= 11 is 0. The van der Waals surface area contributed by atoms with E-state index in [0.29, 0.717) is 0 Å². The quantitative estimate of drug-likeness (QED) is 0.779. The minimum atomic E-state index is -0.290. The van der Waals surface area contributed by atoms with E-state index in [1.54, 1.807) is 0 Å². The number of hydrogen-bond acceptors (Lipinski definition) is 3. The third-order valence-electron chi connectivity index (χ3n) is 6.91. The molecule has 1 aromatic carbocycles. The van der Waals surface area contributed by atoms with E-state index in [4.69, 9.17) is 9.31 Å². The maximum atomic E-state index is 6.27. The van der Waals surface area contributed by atoms with Gasteiger partial charge in [0.25, 0.3) is 0 Å². The monoisotopic (exact) mass is 341 g/mol. The van der Waals surface area contributed by atoms with Crippen molar-refractivity contribution in [3.05, 3.63) is 23.8 Å². The van der Waals surface area contributed by atoms with Gasteiger partial charge in [0.2, 0.25) is 0 Å². The molecule has 3 aliphatic rings. The molecule has 0 spiro atoms. The van der Waals surface area contributed by atoms with Crippen LogP contribution in [-0.2, 0) is 14.7 Å². The Balaban J connectivity index is 1.63. The van der Waals surface area contributed by atoms with Gasteiger partial charge in [0.05, 0.1) is 11.2 Å². The number of fused-ring (bicyclic) bond motifs is 1. The summed E-state index contributed by atoms with van der Waals surface area (Å²) in [7, 11) is -0.274. The zero-order valence-electron chi connectivity index (χ0n) is 16.7. The topological polar surface area (TPSA) is 21.7 Å². The highest BCUT2D eigenvalue weighted by atomic mass is 16.7. The maximum Gasteiger partial charge on any atom is 0.494 e. The van der Waals surface area contributed by atoms with Crippen molar-refractivity contribution in [1.29, 1.82) is 0 Å². The van der Waals surface area contributed by atoms with E-state index in [-0.39, 0.29) is 23.7 Å². The van der Waals surface area contributed by atoms with Crippen molar-refractivity contribution in [2.75, 3.05) is 18.0 Å². The second-order valence-corrected chi connectivity index (χ2v) is 9.93. The number of benzene rings is 1. The molecule has 4 heteroatoms. The van der Waals surface area contributed by atoms with Crippen LogP contribution >= 0.6 is 0 Å². The number of hydrogen-bond donors (Lipinski definition) is 0. The van der Waals surface area contributed by atoms with Gasteiger partial charge in [0.1, 0.15) is 0 Å². The number of nitrogens with zero attached hydrogens (tertiary/aromatic N) is 1. The Morgan fingerprint density at radius 1 is 1.04 bits per heavy atom. The van der Waals surface area contributed by atoms with Gasteiger partial charge in [0.15, 0.2) is 0 Å². The summed E-state index contributed by atoms with van der Waals surface area (Å²) < 4.78 is 12.5. The molecule has 0 N–H and O–H groups in total. The van der Waals surface area contributed by atoms with E-state index in [2.05, 4.69) is 64.6 Å². The Labute approximate surface area is 153 Å². The lowest BCUT2D eigenvalue weighted by atomic mass is 9.77. The van der Waals surface area contributed by atoms with Crippen LogP contribution in [-0.4, -0.2) is 31.4 Å². The van der Waals surface area contributed by atoms with Crippen LogP contribution in [0.5, 0.6) is 0 Å². The molecule has 0 bridgehead atoms. The smallest absolute Gasteiger partial charge is 0.399 e. The molecule has 2 fully saturated rings. The number of rotatable bonds is 3. The van der Waals surface area contributed by atoms with Crippen molar-refractivity contribution in [2.24, 2.45) is 5.92 Å². The minimum absolute atomic E-state index is 0.216.